The lowest BCUT2D eigenvalue weighted by Crippen LogP contribution is -2.30. The molecule has 4 rings (SSSR count). The van der Waals surface area contributed by atoms with Crippen molar-refractivity contribution >= 4 is 34.5 Å². The van der Waals surface area contributed by atoms with Gasteiger partial charge in [0.2, 0.25) is 6.41 Å². The first-order valence-corrected chi connectivity index (χ1v) is 11.2. The second-order valence-corrected chi connectivity index (χ2v) is 8.09. The number of carbonyl (C=O) groups is 1. The Balaban J connectivity index is 1.55. The van der Waals surface area contributed by atoms with Gasteiger partial charge in [-0.25, -0.2) is 13.8 Å². The van der Waals surface area contributed by atoms with E-state index < -0.39 is 13.0 Å². The van der Waals surface area contributed by atoms with Gasteiger partial charge in [0.15, 0.2) is 5.82 Å². The van der Waals surface area contributed by atoms with Gasteiger partial charge in [-0.3, -0.25) is 19.4 Å². The van der Waals surface area contributed by atoms with Gasteiger partial charge in [-0.05, 0) is 36.9 Å². The largest absolute Gasteiger partial charge is 0.397 e. The summed E-state index contributed by atoms with van der Waals surface area (Å²) in [5.74, 6) is 1.17. The fourth-order valence-electron chi connectivity index (χ4n) is 3.80. The highest BCUT2D eigenvalue weighted by molar-refractivity contribution is 5.87. The number of anilines is 3. The first-order valence-electron chi connectivity index (χ1n) is 11.2. The lowest BCUT2D eigenvalue weighted by atomic mass is 10.0. The smallest absolute Gasteiger partial charge is 0.255 e. The van der Waals surface area contributed by atoms with Gasteiger partial charge >= 0.3 is 0 Å². The van der Waals surface area contributed by atoms with Crippen LogP contribution >= 0.6 is 0 Å². The van der Waals surface area contributed by atoms with Crippen molar-refractivity contribution in [3.05, 3.63) is 54.2 Å². The molecule has 4 aromatic heterocycles. The zero-order chi connectivity index (χ0) is 24.9. The summed E-state index contributed by atoms with van der Waals surface area (Å²) in [5, 5.41) is 9.54. The number of nitrogens with zero attached hydrogens (tertiary/aromatic N) is 6. The van der Waals surface area contributed by atoms with Crippen LogP contribution in [0, 0.1) is 6.92 Å². The van der Waals surface area contributed by atoms with E-state index >= 15 is 0 Å². The number of alkyl halides is 2. The van der Waals surface area contributed by atoms with Crippen molar-refractivity contribution in [3.63, 3.8) is 0 Å². The molecular formula is C24H26F2N8O. The number of aryl methyl sites for hydroxylation is 1. The van der Waals surface area contributed by atoms with Gasteiger partial charge in [-0.1, -0.05) is 0 Å². The molecule has 0 aromatic carbocycles. The summed E-state index contributed by atoms with van der Waals surface area (Å²) in [6.45, 7) is 4.06. The molecule has 9 nitrogen and oxygen atoms in total. The number of amides is 1. The summed E-state index contributed by atoms with van der Waals surface area (Å²) >= 11 is 0. The number of halogens is 2. The van der Waals surface area contributed by atoms with Crippen LogP contribution in [0.15, 0.2) is 43.0 Å². The van der Waals surface area contributed by atoms with E-state index in [9.17, 15) is 13.6 Å². The maximum atomic E-state index is 12.6. The fourth-order valence-corrected chi connectivity index (χ4v) is 3.80. The number of nitrogens with two attached hydrogens (primary N) is 1. The summed E-state index contributed by atoms with van der Waals surface area (Å²) in [6, 6.07) is 5.69. The SMILES string of the molecule is CCn1nc(Nc2cc3cc(-c4cncc(N)c4C)ncc3cn2)cc1CCN(C=O)CC(F)F. The first-order chi connectivity index (χ1) is 16.9. The molecule has 0 spiro atoms. The van der Waals surface area contributed by atoms with Crippen molar-refractivity contribution in [2.45, 2.75) is 33.2 Å². The second kappa shape index (κ2) is 10.4. The molecule has 0 atom stereocenters. The number of hydrogen-bond donors (Lipinski definition) is 2. The molecule has 0 aliphatic heterocycles. The molecule has 0 radical (unpaired) electrons. The Bertz CT molecular complexity index is 1340. The van der Waals surface area contributed by atoms with Gasteiger partial charge < -0.3 is 16.0 Å². The van der Waals surface area contributed by atoms with E-state index in [1.54, 1.807) is 29.5 Å². The van der Waals surface area contributed by atoms with Crippen molar-refractivity contribution in [1.29, 1.82) is 0 Å². The minimum Gasteiger partial charge on any atom is -0.397 e. The Hall–Kier alpha value is -4.15. The standard InChI is InChI=1S/C24H26F2N8O/c1-3-34-18(4-5-33(14-35)13-22(25)26)8-24(32-34)31-23-7-16-6-21(29-9-17(16)10-30-23)19-11-28-12-20(27)15(19)2/h6-12,14,22H,3-5,13,27H2,1-2H3,(H,30,31,32). The highest BCUT2D eigenvalue weighted by Crippen LogP contribution is 2.28. The lowest BCUT2D eigenvalue weighted by Gasteiger charge is -2.16. The number of aromatic nitrogens is 5. The summed E-state index contributed by atoms with van der Waals surface area (Å²) in [5.41, 5.74) is 9.97. The van der Waals surface area contributed by atoms with E-state index in [4.69, 9.17) is 5.73 Å². The summed E-state index contributed by atoms with van der Waals surface area (Å²) in [4.78, 5) is 25.3. The van der Waals surface area contributed by atoms with Gasteiger partial charge in [-0.2, -0.15) is 5.10 Å². The van der Waals surface area contributed by atoms with Crippen LogP contribution in [0.1, 0.15) is 18.2 Å². The number of hydrogen-bond acceptors (Lipinski definition) is 7. The Kier molecular flexibility index (Phi) is 7.14. The monoisotopic (exact) mass is 480 g/mol. The number of carbonyl (C=O) groups excluding carboxylic acids is 1. The second-order valence-electron chi connectivity index (χ2n) is 8.09. The molecular weight excluding hydrogens is 454 g/mol. The molecule has 0 fully saturated rings. The molecule has 0 aliphatic rings. The van der Waals surface area contributed by atoms with Crippen LogP contribution in [-0.4, -0.2) is 55.6 Å². The molecule has 4 aromatic rings. The third kappa shape index (κ3) is 5.51. The first kappa shape index (κ1) is 24.0. The Morgan fingerprint density at radius 1 is 1.11 bits per heavy atom. The third-order valence-corrected chi connectivity index (χ3v) is 5.73. The average Bonchev–Trinajstić information content (AvgIpc) is 3.24. The predicted molar refractivity (Wildman–Crippen MR) is 130 cm³/mol. The maximum Gasteiger partial charge on any atom is 0.255 e. The molecule has 35 heavy (non-hydrogen) atoms. The average molecular weight is 481 g/mol. The number of nitrogen functional groups attached to an aromatic ring is 1. The van der Waals surface area contributed by atoms with Gasteiger partial charge in [0, 0.05) is 60.8 Å². The van der Waals surface area contributed by atoms with E-state index in [1.807, 2.05) is 32.0 Å². The molecule has 4 heterocycles. The Morgan fingerprint density at radius 2 is 1.91 bits per heavy atom. The van der Waals surface area contributed by atoms with Crippen LogP contribution in [0.5, 0.6) is 0 Å². The number of nitrogens with one attached hydrogen (secondary N) is 1. The van der Waals surface area contributed by atoms with Crippen LogP contribution in [0.2, 0.25) is 0 Å². The minimum absolute atomic E-state index is 0.182. The highest BCUT2D eigenvalue weighted by Gasteiger charge is 2.13. The van der Waals surface area contributed by atoms with E-state index in [0.29, 0.717) is 36.7 Å². The molecule has 0 aliphatic carbocycles. The van der Waals surface area contributed by atoms with E-state index in [1.165, 1.54) is 0 Å². The summed E-state index contributed by atoms with van der Waals surface area (Å²) in [6.07, 6.45) is 5.12. The van der Waals surface area contributed by atoms with Gasteiger partial charge in [-0.15, -0.1) is 0 Å². The molecule has 0 saturated carbocycles. The number of rotatable bonds is 10. The van der Waals surface area contributed by atoms with Crippen molar-refractivity contribution in [1.82, 2.24) is 29.6 Å². The molecule has 3 N–H and O–H groups in total. The molecule has 182 valence electrons. The molecule has 0 saturated heterocycles. The fraction of sp³-hybridized carbons (Fsp3) is 0.292. The molecule has 0 unspecified atom stereocenters. The minimum atomic E-state index is -2.57. The molecule has 0 bridgehead atoms. The summed E-state index contributed by atoms with van der Waals surface area (Å²) < 4.78 is 27.0. The van der Waals surface area contributed by atoms with Crippen LogP contribution < -0.4 is 11.1 Å². The molecule has 1 amide bonds. The highest BCUT2D eigenvalue weighted by atomic mass is 19.3. The maximum absolute atomic E-state index is 12.6. The van der Waals surface area contributed by atoms with E-state index in [-0.39, 0.29) is 6.54 Å². The topological polar surface area (TPSA) is 115 Å². The lowest BCUT2D eigenvalue weighted by molar-refractivity contribution is -0.119. The van der Waals surface area contributed by atoms with Crippen molar-refractivity contribution < 1.29 is 13.6 Å². The predicted octanol–water partition coefficient (Wildman–Crippen LogP) is 3.81. The van der Waals surface area contributed by atoms with Gasteiger partial charge in [0.05, 0.1) is 24.1 Å². The van der Waals surface area contributed by atoms with Crippen LogP contribution in [0.4, 0.5) is 26.1 Å². The van der Waals surface area contributed by atoms with Crippen molar-refractivity contribution in [2.24, 2.45) is 0 Å². The zero-order valence-electron chi connectivity index (χ0n) is 19.4. The number of pyridine rings is 3. The Labute approximate surface area is 201 Å². The Morgan fingerprint density at radius 3 is 2.66 bits per heavy atom. The van der Waals surface area contributed by atoms with Crippen LogP contribution in [0.3, 0.4) is 0 Å². The van der Waals surface area contributed by atoms with Crippen LogP contribution in [0.25, 0.3) is 22.0 Å². The quantitative estimate of drug-likeness (QED) is 0.332. The normalized spacial score (nSPS) is 11.2. The van der Waals surface area contributed by atoms with Gasteiger partial charge in [0.1, 0.15) is 5.82 Å². The van der Waals surface area contributed by atoms with Crippen molar-refractivity contribution in [3.8, 4) is 11.3 Å². The van der Waals surface area contributed by atoms with E-state index in [2.05, 4.69) is 25.4 Å². The number of fused-ring (bicyclic) bond motifs is 1. The molecule has 11 heteroatoms. The van der Waals surface area contributed by atoms with Crippen LogP contribution in [-0.2, 0) is 17.8 Å². The van der Waals surface area contributed by atoms with Crippen molar-refractivity contribution in [2.75, 3.05) is 24.1 Å². The van der Waals surface area contributed by atoms with E-state index in [0.717, 1.165) is 38.2 Å². The van der Waals surface area contributed by atoms with Gasteiger partial charge in [0.25, 0.3) is 6.43 Å². The third-order valence-electron chi connectivity index (χ3n) is 5.73. The zero-order valence-corrected chi connectivity index (χ0v) is 19.4. The summed E-state index contributed by atoms with van der Waals surface area (Å²) in [7, 11) is 0.